The van der Waals surface area contributed by atoms with Crippen LogP contribution in [-0.4, -0.2) is 11.5 Å². The SMILES string of the molecule is CCCCCCC(NCCC)c1nc2c(s1)CCCC2. The van der Waals surface area contributed by atoms with Crippen molar-refractivity contribution < 1.29 is 0 Å². The first kappa shape index (κ1) is 16.0. The molecular weight excluding hydrogens is 264 g/mol. The molecule has 0 amide bonds. The second-order valence-electron chi connectivity index (χ2n) is 5.99. The summed E-state index contributed by atoms with van der Waals surface area (Å²) in [5.41, 5.74) is 1.41. The van der Waals surface area contributed by atoms with Crippen molar-refractivity contribution in [2.75, 3.05) is 6.54 Å². The highest BCUT2D eigenvalue weighted by Crippen LogP contribution is 2.31. The van der Waals surface area contributed by atoms with E-state index in [9.17, 15) is 0 Å². The van der Waals surface area contributed by atoms with E-state index in [2.05, 4.69) is 19.2 Å². The molecule has 0 radical (unpaired) electrons. The normalized spacial score (nSPS) is 16.1. The molecule has 1 atom stereocenters. The zero-order chi connectivity index (χ0) is 14.2. The maximum absolute atomic E-state index is 4.96. The van der Waals surface area contributed by atoms with Crippen LogP contribution >= 0.6 is 11.3 Å². The molecule has 1 aromatic rings. The van der Waals surface area contributed by atoms with E-state index in [1.54, 1.807) is 4.88 Å². The van der Waals surface area contributed by atoms with Gasteiger partial charge in [-0.2, -0.15) is 0 Å². The van der Waals surface area contributed by atoms with E-state index < -0.39 is 0 Å². The number of thiazole rings is 1. The number of nitrogens with one attached hydrogen (secondary N) is 1. The molecule has 1 aromatic heterocycles. The molecule has 0 aliphatic heterocycles. The van der Waals surface area contributed by atoms with Crippen molar-refractivity contribution >= 4 is 11.3 Å². The number of fused-ring (bicyclic) bond motifs is 1. The van der Waals surface area contributed by atoms with Crippen LogP contribution in [-0.2, 0) is 12.8 Å². The Morgan fingerprint density at radius 2 is 1.95 bits per heavy atom. The molecule has 0 fully saturated rings. The van der Waals surface area contributed by atoms with Crippen LogP contribution in [0.5, 0.6) is 0 Å². The van der Waals surface area contributed by atoms with Gasteiger partial charge in [0.15, 0.2) is 0 Å². The maximum atomic E-state index is 4.96. The van der Waals surface area contributed by atoms with Crippen molar-refractivity contribution in [3.05, 3.63) is 15.6 Å². The Bertz CT molecular complexity index is 363. The number of aromatic nitrogens is 1. The van der Waals surface area contributed by atoms with E-state index in [1.165, 1.54) is 74.9 Å². The van der Waals surface area contributed by atoms with Crippen molar-refractivity contribution in [2.45, 2.75) is 84.1 Å². The number of hydrogen-bond donors (Lipinski definition) is 1. The summed E-state index contributed by atoms with van der Waals surface area (Å²) in [6.45, 7) is 5.64. The summed E-state index contributed by atoms with van der Waals surface area (Å²) < 4.78 is 0. The van der Waals surface area contributed by atoms with Crippen molar-refractivity contribution in [1.29, 1.82) is 0 Å². The summed E-state index contributed by atoms with van der Waals surface area (Å²) in [5, 5.41) is 5.08. The summed E-state index contributed by atoms with van der Waals surface area (Å²) in [6, 6.07) is 0.502. The van der Waals surface area contributed by atoms with Crippen molar-refractivity contribution in [2.24, 2.45) is 0 Å². The van der Waals surface area contributed by atoms with E-state index in [0.29, 0.717) is 6.04 Å². The van der Waals surface area contributed by atoms with Crippen LogP contribution in [0.2, 0.25) is 0 Å². The lowest BCUT2D eigenvalue weighted by molar-refractivity contribution is 0.468. The number of nitrogens with zero attached hydrogens (tertiary/aromatic N) is 1. The molecule has 1 N–H and O–H groups in total. The molecule has 2 nitrogen and oxygen atoms in total. The van der Waals surface area contributed by atoms with Crippen molar-refractivity contribution in [3.8, 4) is 0 Å². The van der Waals surface area contributed by atoms with Crippen LogP contribution in [0, 0.1) is 0 Å². The Morgan fingerprint density at radius 1 is 1.10 bits per heavy atom. The molecule has 0 bridgehead atoms. The first-order chi connectivity index (χ1) is 9.85. The van der Waals surface area contributed by atoms with Gasteiger partial charge in [0.2, 0.25) is 0 Å². The zero-order valence-electron chi connectivity index (χ0n) is 13.2. The predicted molar refractivity (Wildman–Crippen MR) is 88.5 cm³/mol. The summed E-state index contributed by atoms with van der Waals surface area (Å²) in [6.07, 6.45) is 13.0. The predicted octanol–water partition coefficient (Wildman–Crippen LogP) is 5.03. The molecule has 3 heteroatoms. The highest BCUT2D eigenvalue weighted by Gasteiger charge is 2.20. The fourth-order valence-corrected chi connectivity index (χ4v) is 4.19. The molecule has 0 saturated heterocycles. The van der Waals surface area contributed by atoms with Crippen molar-refractivity contribution in [3.63, 3.8) is 0 Å². The van der Waals surface area contributed by atoms with Gasteiger partial charge in [0.25, 0.3) is 0 Å². The maximum Gasteiger partial charge on any atom is 0.110 e. The number of aryl methyl sites for hydroxylation is 2. The lowest BCUT2D eigenvalue weighted by Gasteiger charge is -2.16. The highest BCUT2D eigenvalue weighted by molar-refractivity contribution is 7.11. The van der Waals surface area contributed by atoms with Crippen LogP contribution < -0.4 is 5.32 Å². The Balaban J connectivity index is 1.95. The summed E-state index contributed by atoms with van der Waals surface area (Å²) in [4.78, 5) is 6.53. The molecule has 1 aliphatic rings. The molecule has 0 saturated carbocycles. The fourth-order valence-electron chi connectivity index (χ4n) is 2.93. The van der Waals surface area contributed by atoms with Gasteiger partial charge < -0.3 is 5.32 Å². The van der Waals surface area contributed by atoms with E-state index in [1.807, 2.05) is 11.3 Å². The first-order valence-corrected chi connectivity index (χ1v) is 9.38. The van der Waals surface area contributed by atoms with E-state index in [-0.39, 0.29) is 0 Å². The minimum Gasteiger partial charge on any atom is -0.308 e. The molecule has 1 aliphatic carbocycles. The second kappa shape index (κ2) is 8.78. The van der Waals surface area contributed by atoms with E-state index >= 15 is 0 Å². The summed E-state index contributed by atoms with van der Waals surface area (Å²) in [7, 11) is 0. The van der Waals surface area contributed by atoms with Crippen LogP contribution in [0.4, 0.5) is 0 Å². The van der Waals surface area contributed by atoms with Crippen LogP contribution in [0.1, 0.15) is 86.8 Å². The monoisotopic (exact) mass is 294 g/mol. The van der Waals surface area contributed by atoms with E-state index in [0.717, 1.165) is 6.54 Å². The first-order valence-electron chi connectivity index (χ1n) is 8.57. The minimum absolute atomic E-state index is 0.502. The van der Waals surface area contributed by atoms with Crippen molar-refractivity contribution in [1.82, 2.24) is 10.3 Å². The molecule has 20 heavy (non-hydrogen) atoms. The molecule has 1 unspecified atom stereocenters. The van der Waals surface area contributed by atoms with Gasteiger partial charge in [-0.25, -0.2) is 4.98 Å². The Labute approximate surface area is 128 Å². The second-order valence-corrected chi connectivity index (χ2v) is 7.10. The Morgan fingerprint density at radius 3 is 2.70 bits per heavy atom. The summed E-state index contributed by atoms with van der Waals surface area (Å²) in [5.74, 6) is 0. The molecular formula is C17H30N2S. The average Bonchev–Trinajstić information content (AvgIpc) is 2.90. The number of rotatable bonds is 9. The molecule has 1 heterocycles. The average molecular weight is 295 g/mol. The fraction of sp³-hybridized carbons (Fsp3) is 0.824. The van der Waals surface area contributed by atoms with Gasteiger partial charge in [-0.3, -0.25) is 0 Å². The van der Waals surface area contributed by atoms with Gasteiger partial charge in [-0.05, 0) is 45.1 Å². The third kappa shape index (κ3) is 4.56. The molecule has 114 valence electrons. The zero-order valence-corrected chi connectivity index (χ0v) is 14.0. The van der Waals surface area contributed by atoms with Crippen LogP contribution in [0.15, 0.2) is 0 Å². The van der Waals surface area contributed by atoms with E-state index in [4.69, 9.17) is 4.98 Å². The minimum atomic E-state index is 0.502. The quantitative estimate of drug-likeness (QED) is 0.646. The lowest BCUT2D eigenvalue weighted by Crippen LogP contribution is -2.22. The molecule has 0 spiro atoms. The lowest BCUT2D eigenvalue weighted by atomic mass is 10.0. The largest absolute Gasteiger partial charge is 0.308 e. The van der Waals surface area contributed by atoms with Gasteiger partial charge in [0, 0.05) is 4.88 Å². The topological polar surface area (TPSA) is 24.9 Å². The summed E-state index contributed by atoms with van der Waals surface area (Å²) >= 11 is 1.98. The third-order valence-corrected chi connectivity index (χ3v) is 5.42. The van der Waals surface area contributed by atoms with Gasteiger partial charge in [-0.1, -0.05) is 39.5 Å². The van der Waals surface area contributed by atoms with Gasteiger partial charge in [0.1, 0.15) is 5.01 Å². The van der Waals surface area contributed by atoms with Gasteiger partial charge >= 0.3 is 0 Å². The van der Waals surface area contributed by atoms with Gasteiger partial charge in [0.05, 0.1) is 11.7 Å². The standard InChI is InChI=1S/C17H30N2S/c1-3-5-6-7-11-15(18-13-4-2)17-19-14-10-8-9-12-16(14)20-17/h15,18H,3-13H2,1-2H3. The smallest absolute Gasteiger partial charge is 0.110 e. The van der Waals surface area contributed by atoms with Gasteiger partial charge in [-0.15, -0.1) is 11.3 Å². The van der Waals surface area contributed by atoms with Crippen LogP contribution in [0.3, 0.4) is 0 Å². The third-order valence-electron chi connectivity index (χ3n) is 4.15. The number of hydrogen-bond acceptors (Lipinski definition) is 3. The number of unbranched alkanes of at least 4 members (excludes halogenated alkanes) is 3. The molecule has 2 rings (SSSR count). The highest BCUT2D eigenvalue weighted by atomic mass is 32.1. The Kier molecular flexibility index (Phi) is 7.01. The molecule has 0 aromatic carbocycles. The van der Waals surface area contributed by atoms with Crippen LogP contribution in [0.25, 0.3) is 0 Å². The Hall–Kier alpha value is -0.410.